The fourth-order valence-corrected chi connectivity index (χ4v) is 4.83. The number of nitrogens with zero attached hydrogens (tertiary/aromatic N) is 1. The second-order valence-corrected chi connectivity index (χ2v) is 7.46. The van der Waals surface area contributed by atoms with Crippen LogP contribution < -0.4 is 4.74 Å². The van der Waals surface area contributed by atoms with Gasteiger partial charge in [-0.15, -0.1) is 0 Å². The van der Waals surface area contributed by atoms with Gasteiger partial charge in [-0.3, -0.25) is 24.1 Å². The van der Waals surface area contributed by atoms with E-state index in [0.29, 0.717) is 11.3 Å². The lowest BCUT2D eigenvalue weighted by molar-refractivity contribution is -0.152. The second kappa shape index (κ2) is 6.79. The van der Waals surface area contributed by atoms with Crippen LogP contribution in [-0.4, -0.2) is 48.7 Å². The Bertz CT molecular complexity index is 790. The third kappa shape index (κ3) is 3.01. The van der Waals surface area contributed by atoms with Gasteiger partial charge in [-0.2, -0.15) is 0 Å². The van der Waals surface area contributed by atoms with Gasteiger partial charge in [-0.1, -0.05) is 12.1 Å². The lowest BCUT2D eigenvalue weighted by Crippen LogP contribution is -2.38. The summed E-state index contributed by atoms with van der Waals surface area (Å²) >= 11 is 0. The highest BCUT2D eigenvalue weighted by Gasteiger charge is 2.61. The number of hydrogen-bond donors (Lipinski definition) is 0. The average molecular weight is 371 g/mol. The third-order valence-electron chi connectivity index (χ3n) is 6.06. The molecule has 7 nitrogen and oxygen atoms in total. The molecule has 27 heavy (non-hydrogen) atoms. The van der Waals surface area contributed by atoms with Crippen molar-refractivity contribution in [2.45, 2.75) is 19.3 Å². The Hall–Kier alpha value is -2.70. The highest BCUT2D eigenvalue weighted by atomic mass is 16.5. The first-order valence-electron chi connectivity index (χ1n) is 9.17. The smallest absolute Gasteiger partial charge is 0.326 e. The Balaban J connectivity index is 1.34. The van der Waals surface area contributed by atoms with Gasteiger partial charge in [0.25, 0.3) is 0 Å². The van der Waals surface area contributed by atoms with Gasteiger partial charge >= 0.3 is 5.97 Å². The van der Waals surface area contributed by atoms with Gasteiger partial charge in [0.15, 0.2) is 12.4 Å². The highest BCUT2D eigenvalue weighted by Crippen LogP contribution is 2.56. The van der Waals surface area contributed by atoms with E-state index >= 15 is 0 Å². The molecule has 4 rings (SSSR count). The van der Waals surface area contributed by atoms with Crippen LogP contribution in [0.2, 0.25) is 0 Å². The molecule has 0 spiro atoms. The van der Waals surface area contributed by atoms with Gasteiger partial charge < -0.3 is 9.47 Å². The molecule has 2 saturated carbocycles. The summed E-state index contributed by atoms with van der Waals surface area (Å²) in [6.45, 7) is -0.865. The number of fused-ring (bicyclic) bond motifs is 5. The Labute approximate surface area is 156 Å². The minimum atomic E-state index is -0.750. The Morgan fingerprint density at radius 2 is 1.78 bits per heavy atom. The molecule has 0 unspecified atom stereocenters. The second-order valence-electron chi connectivity index (χ2n) is 7.46. The zero-order valence-electron chi connectivity index (χ0n) is 15.1. The quantitative estimate of drug-likeness (QED) is 0.427. The number of carbonyl (C=O) groups is 4. The molecule has 1 aromatic rings. The highest BCUT2D eigenvalue weighted by molar-refractivity contribution is 6.08. The molecule has 1 aliphatic heterocycles. The van der Waals surface area contributed by atoms with Gasteiger partial charge in [0.05, 0.1) is 18.9 Å². The molecule has 4 atom stereocenters. The molecule has 3 fully saturated rings. The third-order valence-corrected chi connectivity index (χ3v) is 6.06. The van der Waals surface area contributed by atoms with Crippen LogP contribution in [0, 0.1) is 23.7 Å². The van der Waals surface area contributed by atoms with E-state index in [9.17, 15) is 19.2 Å². The molecular formula is C20H21NO6. The van der Waals surface area contributed by atoms with Gasteiger partial charge in [0.1, 0.15) is 12.3 Å². The summed E-state index contributed by atoms with van der Waals surface area (Å²) in [7, 11) is 1.50. The predicted octanol–water partition coefficient (Wildman–Crippen LogP) is 1.45. The Morgan fingerprint density at radius 3 is 2.41 bits per heavy atom. The Kier molecular flexibility index (Phi) is 4.45. The van der Waals surface area contributed by atoms with Crippen LogP contribution >= 0.6 is 0 Å². The van der Waals surface area contributed by atoms with E-state index in [1.54, 1.807) is 24.3 Å². The number of amides is 2. The van der Waals surface area contributed by atoms with Crippen molar-refractivity contribution in [3.05, 3.63) is 29.8 Å². The zero-order chi connectivity index (χ0) is 19.1. The summed E-state index contributed by atoms with van der Waals surface area (Å²) in [5.41, 5.74) is 0.363. The number of Topliss-reactive ketones (excluding diaryl/α,β-unsaturated/α-hetero) is 1. The summed E-state index contributed by atoms with van der Waals surface area (Å²) in [6, 6.07) is 6.53. The summed E-state index contributed by atoms with van der Waals surface area (Å²) < 4.78 is 10.1. The monoisotopic (exact) mass is 371 g/mol. The van der Waals surface area contributed by atoms with E-state index in [1.807, 2.05) is 0 Å². The topological polar surface area (TPSA) is 90.0 Å². The lowest BCUT2D eigenvalue weighted by atomic mass is 9.81. The fraction of sp³-hybridized carbons (Fsp3) is 0.500. The number of benzene rings is 1. The van der Waals surface area contributed by atoms with E-state index in [-0.39, 0.29) is 41.3 Å². The minimum Gasteiger partial charge on any atom is -0.497 e. The molecule has 3 aliphatic rings. The SMILES string of the molecule is COc1cccc(C(=O)COC(=O)CN2C(=O)[C@H]3[C@@H]4CC[C@@H](C4)[C@@H]3C2=O)c1. The molecule has 0 N–H and O–H groups in total. The number of likely N-dealkylation sites (tertiary alicyclic amines) is 1. The molecule has 2 aliphatic carbocycles. The molecule has 2 bridgehead atoms. The number of ketones is 1. The molecule has 2 amide bonds. The first-order chi connectivity index (χ1) is 13.0. The number of imide groups is 1. The number of hydrogen-bond acceptors (Lipinski definition) is 6. The largest absolute Gasteiger partial charge is 0.497 e. The lowest BCUT2D eigenvalue weighted by Gasteiger charge is -2.19. The zero-order valence-corrected chi connectivity index (χ0v) is 15.1. The van der Waals surface area contributed by atoms with E-state index in [2.05, 4.69) is 0 Å². The molecule has 142 valence electrons. The number of ether oxygens (including phenoxy) is 2. The standard InChI is InChI=1S/C20H21NO6/c1-26-14-4-2-3-11(8-14)15(22)10-27-16(23)9-21-19(24)17-12-5-6-13(7-12)18(17)20(21)25/h2-4,8,12-13,17-18H,5-7,9-10H2,1H3/t12-,13+,17-,18-/m0/s1. The molecule has 0 aromatic heterocycles. The Morgan fingerprint density at radius 1 is 1.11 bits per heavy atom. The molecule has 0 radical (unpaired) electrons. The maximum absolute atomic E-state index is 12.6. The number of esters is 1. The molecular weight excluding hydrogens is 350 g/mol. The first-order valence-corrected chi connectivity index (χ1v) is 9.17. The normalized spacial score (nSPS) is 28.4. The first kappa shape index (κ1) is 17.7. The van der Waals surface area contributed by atoms with Crippen LogP contribution in [0.5, 0.6) is 5.75 Å². The van der Waals surface area contributed by atoms with Gasteiger partial charge in [0.2, 0.25) is 11.8 Å². The summed E-state index contributed by atoms with van der Waals surface area (Å²) in [4.78, 5) is 50.4. The van der Waals surface area contributed by atoms with Crippen LogP contribution in [0.25, 0.3) is 0 Å². The van der Waals surface area contributed by atoms with Crippen LogP contribution in [0.3, 0.4) is 0 Å². The van der Waals surface area contributed by atoms with Gasteiger partial charge in [-0.25, -0.2) is 0 Å². The van der Waals surface area contributed by atoms with Crippen molar-refractivity contribution in [2.75, 3.05) is 20.3 Å². The van der Waals surface area contributed by atoms with Crippen molar-refractivity contribution in [3.8, 4) is 5.75 Å². The van der Waals surface area contributed by atoms with Crippen molar-refractivity contribution < 1.29 is 28.7 Å². The maximum Gasteiger partial charge on any atom is 0.326 e. The van der Waals surface area contributed by atoms with Crippen molar-refractivity contribution in [3.63, 3.8) is 0 Å². The molecule has 1 saturated heterocycles. The van der Waals surface area contributed by atoms with Crippen molar-refractivity contribution in [1.29, 1.82) is 0 Å². The van der Waals surface area contributed by atoms with E-state index in [1.165, 1.54) is 7.11 Å². The number of rotatable bonds is 6. The summed E-state index contributed by atoms with van der Waals surface area (Å²) in [5.74, 6) is -1.09. The predicted molar refractivity (Wildman–Crippen MR) is 92.8 cm³/mol. The van der Waals surface area contributed by atoms with Crippen LogP contribution in [0.15, 0.2) is 24.3 Å². The van der Waals surface area contributed by atoms with Crippen molar-refractivity contribution in [1.82, 2.24) is 4.90 Å². The van der Waals surface area contributed by atoms with Crippen molar-refractivity contribution >= 4 is 23.6 Å². The van der Waals surface area contributed by atoms with E-state index in [4.69, 9.17) is 9.47 Å². The fourth-order valence-electron chi connectivity index (χ4n) is 4.83. The van der Waals surface area contributed by atoms with Gasteiger partial charge in [-0.05, 0) is 43.2 Å². The van der Waals surface area contributed by atoms with E-state index < -0.39 is 19.1 Å². The van der Waals surface area contributed by atoms with E-state index in [0.717, 1.165) is 24.2 Å². The molecule has 7 heteroatoms. The van der Waals surface area contributed by atoms with Crippen LogP contribution in [-0.2, 0) is 19.1 Å². The summed E-state index contributed by atoms with van der Waals surface area (Å²) in [5, 5.41) is 0. The van der Waals surface area contributed by atoms with Crippen LogP contribution in [0.4, 0.5) is 0 Å². The number of methoxy groups -OCH3 is 1. The molecule has 1 heterocycles. The minimum absolute atomic E-state index is 0.256. The van der Waals surface area contributed by atoms with Crippen LogP contribution in [0.1, 0.15) is 29.6 Å². The van der Waals surface area contributed by atoms with Gasteiger partial charge in [0, 0.05) is 5.56 Å². The summed E-state index contributed by atoms with van der Waals surface area (Å²) in [6.07, 6.45) is 2.91. The number of carbonyl (C=O) groups excluding carboxylic acids is 4. The van der Waals surface area contributed by atoms with Crippen molar-refractivity contribution in [2.24, 2.45) is 23.7 Å². The average Bonchev–Trinajstić information content (AvgIpc) is 3.36. The maximum atomic E-state index is 12.6. The molecule has 1 aromatic carbocycles.